The molecule has 2 aromatic rings. The lowest BCUT2D eigenvalue weighted by Gasteiger charge is -2.41. The Morgan fingerprint density at radius 2 is 1.74 bits per heavy atom. The molecule has 168 valence electrons. The van der Waals surface area contributed by atoms with Crippen molar-refractivity contribution in [2.24, 2.45) is 5.41 Å². The highest BCUT2D eigenvalue weighted by atomic mass is 16.5. The van der Waals surface area contributed by atoms with Crippen molar-refractivity contribution < 1.29 is 23.7 Å². The summed E-state index contributed by atoms with van der Waals surface area (Å²) in [5.41, 5.74) is 1.60. The van der Waals surface area contributed by atoms with Gasteiger partial charge in [-0.2, -0.15) is 0 Å². The summed E-state index contributed by atoms with van der Waals surface area (Å²) in [6.45, 7) is 4.45. The van der Waals surface area contributed by atoms with Gasteiger partial charge in [0.1, 0.15) is 0 Å². The number of likely N-dealkylation sites (tertiary alicyclic amines) is 1. The zero-order valence-corrected chi connectivity index (χ0v) is 19.0. The fourth-order valence-electron chi connectivity index (χ4n) is 4.54. The van der Waals surface area contributed by atoms with Crippen LogP contribution in [0, 0.1) is 5.41 Å². The number of carbonyl (C=O) groups is 1. The topological polar surface area (TPSA) is 57.2 Å². The van der Waals surface area contributed by atoms with E-state index < -0.39 is 5.41 Å². The van der Waals surface area contributed by atoms with E-state index in [0.29, 0.717) is 43.4 Å². The Balaban J connectivity index is 1.87. The van der Waals surface area contributed by atoms with Gasteiger partial charge in [0.05, 0.1) is 33.4 Å². The van der Waals surface area contributed by atoms with Crippen molar-refractivity contribution in [2.45, 2.75) is 32.7 Å². The van der Waals surface area contributed by atoms with E-state index in [1.54, 1.807) is 21.3 Å². The number of carbonyl (C=O) groups excluding carboxylic acids is 1. The van der Waals surface area contributed by atoms with Gasteiger partial charge < -0.3 is 18.9 Å². The monoisotopic (exact) mass is 427 g/mol. The molecule has 0 aliphatic carbocycles. The average molecular weight is 428 g/mol. The first-order valence-corrected chi connectivity index (χ1v) is 10.8. The number of nitrogens with zero attached hydrogens (tertiary/aromatic N) is 1. The van der Waals surface area contributed by atoms with Gasteiger partial charge in [0, 0.05) is 18.7 Å². The molecule has 0 radical (unpaired) electrons. The molecule has 1 aliphatic heterocycles. The Morgan fingerprint density at radius 1 is 1.00 bits per heavy atom. The highest BCUT2D eigenvalue weighted by Crippen LogP contribution is 2.41. The van der Waals surface area contributed by atoms with E-state index >= 15 is 0 Å². The number of piperidine rings is 1. The average Bonchev–Trinajstić information content (AvgIpc) is 2.79. The number of hydrogen-bond acceptors (Lipinski definition) is 6. The van der Waals surface area contributed by atoms with Crippen LogP contribution in [0.1, 0.15) is 30.9 Å². The maximum absolute atomic E-state index is 13.1. The molecule has 1 aliphatic rings. The summed E-state index contributed by atoms with van der Waals surface area (Å²) in [7, 11) is 4.85. The normalized spacial score (nSPS) is 19.0. The zero-order valence-electron chi connectivity index (χ0n) is 19.0. The minimum Gasteiger partial charge on any atom is -0.493 e. The lowest BCUT2D eigenvalue weighted by Crippen LogP contribution is -2.49. The van der Waals surface area contributed by atoms with Gasteiger partial charge in [0.2, 0.25) is 5.75 Å². The SMILES string of the molecule is CCOC(=O)C1(Cc2ccccc2)CCCN(Cc2ccc(OC)c(OC)c2OC)C1. The lowest BCUT2D eigenvalue weighted by molar-refractivity contribution is -0.159. The molecule has 0 aromatic heterocycles. The molecule has 3 rings (SSSR count). The van der Waals surface area contributed by atoms with E-state index in [2.05, 4.69) is 17.0 Å². The van der Waals surface area contributed by atoms with Crippen LogP contribution >= 0.6 is 0 Å². The van der Waals surface area contributed by atoms with Gasteiger partial charge in [-0.15, -0.1) is 0 Å². The zero-order chi connectivity index (χ0) is 22.3. The van der Waals surface area contributed by atoms with Crippen LogP contribution < -0.4 is 14.2 Å². The van der Waals surface area contributed by atoms with Crippen LogP contribution in [0.2, 0.25) is 0 Å². The lowest BCUT2D eigenvalue weighted by atomic mass is 9.75. The third kappa shape index (κ3) is 5.13. The van der Waals surface area contributed by atoms with E-state index in [1.165, 1.54) is 0 Å². The Labute approximate surface area is 185 Å². The summed E-state index contributed by atoms with van der Waals surface area (Å²) in [5, 5.41) is 0. The molecule has 1 fully saturated rings. The van der Waals surface area contributed by atoms with Gasteiger partial charge in [-0.1, -0.05) is 36.4 Å². The van der Waals surface area contributed by atoms with Crippen molar-refractivity contribution >= 4 is 5.97 Å². The van der Waals surface area contributed by atoms with Crippen LogP contribution in [0.25, 0.3) is 0 Å². The summed E-state index contributed by atoms with van der Waals surface area (Å²) >= 11 is 0. The van der Waals surface area contributed by atoms with Crippen LogP contribution in [-0.4, -0.2) is 51.9 Å². The third-order valence-electron chi connectivity index (χ3n) is 5.93. The van der Waals surface area contributed by atoms with E-state index in [9.17, 15) is 4.79 Å². The summed E-state index contributed by atoms with van der Waals surface area (Å²) in [6, 6.07) is 14.1. The molecule has 31 heavy (non-hydrogen) atoms. The van der Waals surface area contributed by atoms with Crippen molar-refractivity contribution in [3.63, 3.8) is 0 Å². The third-order valence-corrected chi connectivity index (χ3v) is 5.93. The predicted octanol–water partition coefficient (Wildman–Crippen LogP) is 4.10. The highest BCUT2D eigenvalue weighted by molar-refractivity contribution is 5.78. The first-order chi connectivity index (χ1) is 15.1. The Hall–Kier alpha value is -2.73. The molecule has 2 aromatic carbocycles. The maximum atomic E-state index is 13.1. The molecular weight excluding hydrogens is 394 g/mol. The number of rotatable bonds is 9. The molecule has 1 heterocycles. The van der Waals surface area contributed by atoms with Gasteiger partial charge in [-0.25, -0.2) is 0 Å². The molecule has 0 bridgehead atoms. The second-order valence-corrected chi connectivity index (χ2v) is 7.97. The molecule has 0 saturated carbocycles. The summed E-state index contributed by atoms with van der Waals surface area (Å²) in [4.78, 5) is 15.4. The largest absolute Gasteiger partial charge is 0.493 e. The molecule has 0 spiro atoms. The van der Waals surface area contributed by atoms with Crippen LogP contribution in [-0.2, 0) is 22.5 Å². The van der Waals surface area contributed by atoms with Crippen molar-refractivity contribution in [3.8, 4) is 17.2 Å². The van der Waals surface area contributed by atoms with Gasteiger partial charge in [0.25, 0.3) is 0 Å². The van der Waals surface area contributed by atoms with Gasteiger partial charge >= 0.3 is 5.97 Å². The summed E-state index contributed by atoms with van der Waals surface area (Å²) in [5.74, 6) is 1.77. The Kier molecular flexibility index (Phi) is 7.80. The minimum absolute atomic E-state index is 0.108. The highest BCUT2D eigenvalue weighted by Gasteiger charge is 2.43. The predicted molar refractivity (Wildman–Crippen MR) is 120 cm³/mol. The molecule has 6 nitrogen and oxygen atoms in total. The first kappa shape index (κ1) is 22.9. The summed E-state index contributed by atoms with van der Waals surface area (Å²) in [6.07, 6.45) is 2.42. The Morgan fingerprint density at radius 3 is 2.39 bits per heavy atom. The van der Waals surface area contributed by atoms with Crippen molar-refractivity contribution in [3.05, 3.63) is 53.6 Å². The van der Waals surface area contributed by atoms with Crippen molar-refractivity contribution in [2.75, 3.05) is 41.0 Å². The van der Waals surface area contributed by atoms with E-state index in [-0.39, 0.29) is 5.97 Å². The molecule has 1 unspecified atom stereocenters. The van der Waals surface area contributed by atoms with Crippen LogP contribution in [0.15, 0.2) is 42.5 Å². The first-order valence-electron chi connectivity index (χ1n) is 10.8. The minimum atomic E-state index is -0.556. The Bertz CT molecular complexity index is 870. The molecule has 0 N–H and O–H groups in total. The molecule has 1 atom stereocenters. The van der Waals surface area contributed by atoms with Gasteiger partial charge in [-0.3, -0.25) is 9.69 Å². The standard InChI is InChI=1S/C25H33NO5/c1-5-31-24(27)25(16-19-10-7-6-8-11-19)14-9-15-26(18-25)17-20-12-13-21(28-2)23(30-4)22(20)29-3/h6-8,10-13H,5,9,14-18H2,1-4H3. The molecule has 0 amide bonds. The van der Waals surface area contributed by atoms with Crippen LogP contribution in [0.5, 0.6) is 17.2 Å². The van der Waals surface area contributed by atoms with Crippen molar-refractivity contribution in [1.82, 2.24) is 4.90 Å². The maximum Gasteiger partial charge on any atom is 0.313 e. The van der Waals surface area contributed by atoms with E-state index in [1.807, 2.05) is 37.3 Å². The van der Waals surface area contributed by atoms with Crippen LogP contribution in [0.4, 0.5) is 0 Å². The number of hydrogen-bond donors (Lipinski definition) is 0. The molecule has 6 heteroatoms. The van der Waals surface area contributed by atoms with Gasteiger partial charge in [-0.05, 0) is 44.4 Å². The molecule has 1 saturated heterocycles. The fraction of sp³-hybridized carbons (Fsp3) is 0.480. The second kappa shape index (κ2) is 10.5. The number of methoxy groups -OCH3 is 3. The number of ether oxygens (including phenoxy) is 4. The number of esters is 1. The smallest absolute Gasteiger partial charge is 0.313 e. The second-order valence-electron chi connectivity index (χ2n) is 7.97. The van der Waals surface area contributed by atoms with E-state index in [0.717, 1.165) is 30.5 Å². The van der Waals surface area contributed by atoms with Gasteiger partial charge in [0.15, 0.2) is 11.5 Å². The molecular formula is C25H33NO5. The quantitative estimate of drug-likeness (QED) is 0.562. The fourth-order valence-corrected chi connectivity index (χ4v) is 4.54. The van der Waals surface area contributed by atoms with E-state index in [4.69, 9.17) is 18.9 Å². The number of benzene rings is 2. The van der Waals surface area contributed by atoms with Crippen LogP contribution in [0.3, 0.4) is 0 Å². The summed E-state index contributed by atoms with van der Waals surface area (Å²) < 4.78 is 22.1. The van der Waals surface area contributed by atoms with Crippen molar-refractivity contribution in [1.29, 1.82) is 0 Å².